The summed E-state index contributed by atoms with van der Waals surface area (Å²) < 4.78 is 26.5. The molecule has 0 radical (unpaired) electrons. The lowest BCUT2D eigenvalue weighted by molar-refractivity contribution is 0.580. The van der Waals surface area contributed by atoms with Gasteiger partial charge >= 0.3 is 0 Å². The Morgan fingerprint density at radius 2 is 2.00 bits per heavy atom. The lowest BCUT2D eigenvalue weighted by Gasteiger charge is -2.06. The van der Waals surface area contributed by atoms with E-state index in [9.17, 15) is 8.42 Å². The molecule has 0 aromatic carbocycles. The largest absolute Gasteiger partial charge is 0.354 e. The van der Waals surface area contributed by atoms with Gasteiger partial charge in [0.05, 0.1) is 18.6 Å². The topological polar surface area (TPSA) is 113 Å². The number of rotatable bonds is 7. The van der Waals surface area contributed by atoms with Gasteiger partial charge in [-0.05, 0) is 6.42 Å². The molecule has 2 rings (SSSR count). The zero-order valence-electron chi connectivity index (χ0n) is 11.0. The van der Waals surface area contributed by atoms with Crippen molar-refractivity contribution >= 4 is 16.0 Å². The summed E-state index contributed by atoms with van der Waals surface area (Å²) >= 11 is 0. The summed E-state index contributed by atoms with van der Waals surface area (Å²) in [6.45, 7) is 2.92. The molecule has 0 aliphatic carbocycles. The number of aromatic amines is 1. The molecule has 0 aliphatic heterocycles. The Balaban J connectivity index is 2.01. The van der Waals surface area contributed by atoms with E-state index in [-0.39, 0.29) is 11.4 Å². The normalized spacial score (nSPS) is 11.4. The van der Waals surface area contributed by atoms with Crippen LogP contribution in [-0.4, -0.2) is 35.1 Å². The maximum Gasteiger partial charge on any atom is 0.243 e. The van der Waals surface area contributed by atoms with E-state index in [2.05, 4.69) is 30.2 Å². The molecule has 0 amide bonds. The van der Waals surface area contributed by atoms with Crippen LogP contribution in [-0.2, 0) is 16.6 Å². The lowest BCUT2D eigenvalue weighted by atomic mass is 10.4. The van der Waals surface area contributed by atoms with Crippen LogP contribution in [0.25, 0.3) is 0 Å². The van der Waals surface area contributed by atoms with Crippen molar-refractivity contribution in [2.75, 3.05) is 11.9 Å². The molecule has 2 aromatic heterocycles. The van der Waals surface area contributed by atoms with Gasteiger partial charge in [0.15, 0.2) is 0 Å². The van der Waals surface area contributed by atoms with E-state index in [0.717, 1.165) is 18.5 Å². The predicted octanol–water partition coefficient (Wildman–Crippen LogP) is 0.500. The van der Waals surface area contributed by atoms with Crippen molar-refractivity contribution in [3.05, 3.63) is 30.4 Å². The highest BCUT2D eigenvalue weighted by atomic mass is 32.2. The predicted molar refractivity (Wildman–Crippen MR) is 73.4 cm³/mol. The van der Waals surface area contributed by atoms with Gasteiger partial charge in [0, 0.05) is 24.8 Å². The maximum absolute atomic E-state index is 12.0. The number of aromatic nitrogens is 4. The van der Waals surface area contributed by atoms with Gasteiger partial charge in [-0.1, -0.05) is 6.92 Å². The molecule has 0 aliphatic rings. The van der Waals surface area contributed by atoms with Gasteiger partial charge in [0.25, 0.3) is 0 Å². The number of hydrogen-bond acceptors (Lipinski definition) is 6. The van der Waals surface area contributed by atoms with Crippen LogP contribution >= 0.6 is 0 Å². The molecule has 0 bridgehead atoms. The molecule has 2 aromatic rings. The lowest BCUT2D eigenvalue weighted by Crippen LogP contribution is -2.23. The van der Waals surface area contributed by atoms with Gasteiger partial charge < -0.3 is 5.32 Å². The fraction of sp³-hybridized carbons (Fsp3) is 0.364. The van der Waals surface area contributed by atoms with E-state index in [4.69, 9.17) is 0 Å². The van der Waals surface area contributed by atoms with Crippen LogP contribution in [0.5, 0.6) is 0 Å². The fourth-order valence-corrected chi connectivity index (χ4v) is 2.33. The summed E-state index contributed by atoms with van der Waals surface area (Å²) in [6, 6.07) is 0. The van der Waals surface area contributed by atoms with Crippen LogP contribution in [0.1, 0.15) is 18.9 Å². The molecule has 0 fully saturated rings. The van der Waals surface area contributed by atoms with Crippen molar-refractivity contribution in [1.82, 2.24) is 24.9 Å². The van der Waals surface area contributed by atoms with E-state index in [1.807, 2.05) is 6.92 Å². The molecule has 0 saturated carbocycles. The maximum atomic E-state index is 12.0. The van der Waals surface area contributed by atoms with E-state index >= 15 is 0 Å². The number of sulfonamides is 1. The SMILES string of the molecule is CCCNc1ncc(S(=O)(=O)NCc2cn[nH]c2)cn1. The van der Waals surface area contributed by atoms with Crippen LogP contribution in [0.4, 0.5) is 5.95 Å². The summed E-state index contributed by atoms with van der Waals surface area (Å²) in [5, 5.41) is 9.34. The first-order chi connectivity index (χ1) is 9.62. The van der Waals surface area contributed by atoms with Crippen molar-refractivity contribution in [3.8, 4) is 0 Å². The molecular formula is C11H16N6O2S. The molecule has 108 valence electrons. The molecule has 3 N–H and O–H groups in total. The third-order valence-electron chi connectivity index (χ3n) is 2.49. The van der Waals surface area contributed by atoms with E-state index in [0.29, 0.717) is 5.95 Å². The van der Waals surface area contributed by atoms with Gasteiger partial charge in [0.2, 0.25) is 16.0 Å². The Morgan fingerprint density at radius 1 is 1.25 bits per heavy atom. The second kappa shape index (κ2) is 6.44. The third kappa shape index (κ3) is 3.75. The molecule has 0 spiro atoms. The van der Waals surface area contributed by atoms with Crippen LogP contribution in [0.3, 0.4) is 0 Å². The number of nitrogens with zero attached hydrogens (tertiary/aromatic N) is 3. The van der Waals surface area contributed by atoms with Crippen LogP contribution in [0.15, 0.2) is 29.7 Å². The first-order valence-corrected chi connectivity index (χ1v) is 7.63. The minimum absolute atomic E-state index is 0.0306. The summed E-state index contributed by atoms with van der Waals surface area (Å²) in [6.07, 6.45) is 6.68. The Kier molecular flexibility index (Phi) is 4.64. The van der Waals surface area contributed by atoms with Crippen LogP contribution in [0, 0.1) is 0 Å². The minimum Gasteiger partial charge on any atom is -0.354 e. The van der Waals surface area contributed by atoms with Crippen molar-refractivity contribution in [2.24, 2.45) is 0 Å². The van der Waals surface area contributed by atoms with Gasteiger partial charge in [-0.15, -0.1) is 0 Å². The van der Waals surface area contributed by atoms with Gasteiger partial charge in [-0.3, -0.25) is 5.10 Å². The Morgan fingerprint density at radius 3 is 2.60 bits per heavy atom. The van der Waals surface area contributed by atoms with Gasteiger partial charge in [-0.2, -0.15) is 5.10 Å². The van der Waals surface area contributed by atoms with Crippen molar-refractivity contribution < 1.29 is 8.42 Å². The summed E-state index contributed by atoms with van der Waals surface area (Å²) in [5.41, 5.74) is 0.746. The summed E-state index contributed by atoms with van der Waals surface area (Å²) in [5.74, 6) is 0.417. The molecular weight excluding hydrogens is 280 g/mol. The first kappa shape index (κ1) is 14.4. The quantitative estimate of drug-likeness (QED) is 0.686. The highest BCUT2D eigenvalue weighted by molar-refractivity contribution is 7.89. The average Bonchev–Trinajstić information content (AvgIpc) is 2.97. The highest BCUT2D eigenvalue weighted by Gasteiger charge is 2.15. The van der Waals surface area contributed by atoms with Crippen LogP contribution in [0.2, 0.25) is 0 Å². The summed E-state index contributed by atoms with van der Waals surface area (Å²) in [4.78, 5) is 7.97. The van der Waals surface area contributed by atoms with Crippen molar-refractivity contribution in [3.63, 3.8) is 0 Å². The number of nitrogens with one attached hydrogen (secondary N) is 3. The molecule has 0 atom stereocenters. The second-order valence-corrected chi connectivity index (χ2v) is 5.87. The van der Waals surface area contributed by atoms with Gasteiger partial charge in [-0.25, -0.2) is 23.1 Å². The first-order valence-electron chi connectivity index (χ1n) is 6.15. The Labute approximate surface area is 117 Å². The molecule has 20 heavy (non-hydrogen) atoms. The minimum atomic E-state index is -3.62. The molecule has 0 unspecified atom stereocenters. The molecule has 9 heteroatoms. The molecule has 8 nitrogen and oxygen atoms in total. The number of H-pyrrole nitrogens is 1. The smallest absolute Gasteiger partial charge is 0.243 e. The Bertz CT molecular complexity index is 623. The zero-order valence-corrected chi connectivity index (χ0v) is 11.8. The van der Waals surface area contributed by atoms with E-state index in [1.165, 1.54) is 12.4 Å². The zero-order chi connectivity index (χ0) is 14.4. The summed E-state index contributed by atoms with van der Waals surface area (Å²) in [7, 11) is -3.62. The van der Waals surface area contributed by atoms with Crippen LogP contribution < -0.4 is 10.0 Å². The molecule has 2 heterocycles. The van der Waals surface area contributed by atoms with E-state index < -0.39 is 10.0 Å². The highest BCUT2D eigenvalue weighted by Crippen LogP contribution is 2.08. The standard InChI is InChI=1S/C11H16N6O2S/c1-2-3-12-11-13-7-10(8-14-11)20(18,19)17-6-9-4-15-16-5-9/h4-5,7-8,17H,2-3,6H2,1H3,(H,15,16)(H,12,13,14). The van der Waals surface area contributed by atoms with Gasteiger partial charge in [0.1, 0.15) is 4.90 Å². The second-order valence-electron chi connectivity index (χ2n) is 4.10. The third-order valence-corrected chi connectivity index (χ3v) is 3.85. The van der Waals surface area contributed by atoms with E-state index in [1.54, 1.807) is 12.4 Å². The van der Waals surface area contributed by atoms with Crippen molar-refractivity contribution in [1.29, 1.82) is 0 Å². The monoisotopic (exact) mass is 296 g/mol. The number of hydrogen-bond donors (Lipinski definition) is 3. The van der Waals surface area contributed by atoms with Crippen molar-refractivity contribution in [2.45, 2.75) is 24.8 Å². The Hall–Kier alpha value is -2.00. The number of anilines is 1. The fourth-order valence-electron chi connectivity index (χ4n) is 1.42. The average molecular weight is 296 g/mol. The molecule has 0 saturated heterocycles.